The molecule has 8 heteroatoms. The molecule has 3 heterocycles. The van der Waals surface area contributed by atoms with E-state index in [1.165, 1.54) is 29.0 Å². The maximum atomic E-state index is 14.5. The fourth-order valence-electron chi connectivity index (χ4n) is 3.33. The summed E-state index contributed by atoms with van der Waals surface area (Å²) in [6, 6.07) is 3.76. The molecule has 0 atom stereocenters. The minimum Gasteiger partial charge on any atom is -0.356 e. The van der Waals surface area contributed by atoms with Crippen LogP contribution in [0.25, 0.3) is 16.9 Å². The Hall–Kier alpha value is -2.28. The van der Waals surface area contributed by atoms with Crippen LogP contribution in [0.2, 0.25) is 5.15 Å². The van der Waals surface area contributed by atoms with Gasteiger partial charge in [-0.2, -0.15) is 19.6 Å². The van der Waals surface area contributed by atoms with Gasteiger partial charge in [0.15, 0.2) is 0 Å². The first-order valence-electron chi connectivity index (χ1n) is 8.25. The van der Waals surface area contributed by atoms with E-state index in [-0.39, 0.29) is 16.3 Å². The highest BCUT2D eigenvalue weighted by Gasteiger charge is 2.26. The van der Waals surface area contributed by atoms with Crippen molar-refractivity contribution in [2.24, 2.45) is 0 Å². The molecule has 0 unspecified atom stereocenters. The molecule has 3 aromatic rings. The van der Waals surface area contributed by atoms with Crippen LogP contribution in [0.1, 0.15) is 25.7 Å². The van der Waals surface area contributed by atoms with Gasteiger partial charge in [0, 0.05) is 13.1 Å². The van der Waals surface area contributed by atoms with Crippen molar-refractivity contribution >= 4 is 23.2 Å². The van der Waals surface area contributed by atoms with Gasteiger partial charge in [0.1, 0.15) is 28.9 Å². The van der Waals surface area contributed by atoms with Crippen molar-refractivity contribution in [3.05, 3.63) is 41.3 Å². The smallest absolute Gasteiger partial charge is 0.255 e. The summed E-state index contributed by atoms with van der Waals surface area (Å²) >= 11 is 6.35. The fraction of sp³-hybridized carbons (Fsp3) is 0.353. The largest absolute Gasteiger partial charge is 0.356 e. The molecule has 0 radical (unpaired) electrons. The first-order chi connectivity index (χ1) is 12.2. The minimum atomic E-state index is -0.681. The molecular weight excluding hydrogens is 348 g/mol. The van der Waals surface area contributed by atoms with Gasteiger partial charge < -0.3 is 4.90 Å². The zero-order valence-electron chi connectivity index (χ0n) is 13.4. The molecule has 1 aliphatic rings. The van der Waals surface area contributed by atoms with Gasteiger partial charge >= 0.3 is 0 Å². The number of anilines is 1. The molecule has 0 aliphatic carbocycles. The number of aromatic nitrogens is 4. The molecule has 1 saturated heterocycles. The number of halogens is 3. The molecule has 0 amide bonds. The third-order valence-corrected chi connectivity index (χ3v) is 4.75. The molecule has 1 fully saturated rings. The number of rotatable bonds is 2. The van der Waals surface area contributed by atoms with Crippen LogP contribution in [0.4, 0.5) is 14.6 Å². The molecule has 2 aromatic heterocycles. The predicted molar refractivity (Wildman–Crippen MR) is 91.8 cm³/mol. The topological polar surface area (TPSA) is 46.3 Å². The van der Waals surface area contributed by atoms with Crippen LogP contribution in [-0.2, 0) is 0 Å². The minimum absolute atomic E-state index is 0.0174. The van der Waals surface area contributed by atoms with Crippen LogP contribution in [0.3, 0.4) is 0 Å². The molecule has 0 bridgehead atoms. The molecule has 4 rings (SSSR count). The van der Waals surface area contributed by atoms with E-state index in [4.69, 9.17) is 11.6 Å². The summed E-state index contributed by atoms with van der Waals surface area (Å²) in [5.41, 5.74) is 0.0359. The Morgan fingerprint density at radius 1 is 0.960 bits per heavy atom. The van der Waals surface area contributed by atoms with Crippen LogP contribution < -0.4 is 4.90 Å². The fourth-order valence-corrected chi connectivity index (χ4v) is 3.58. The summed E-state index contributed by atoms with van der Waals surface area (Å²) in [7, 11) is 0. The van der Waals surface area contributed by atoms with Gasteiger partial charge in [-0.3, -0.25) is 0 Å². The Morgan fingerprint density at radius 2 is 1.64 bits per heavy atom. The Morgan fingerprint density at radius 3 is 2.32 bits per heavy atom. The van der Waals surface area contributed by atoms with Gasteiger partial charge in [0.2, 0.25) is 0 Å². The zero-order valence-corrected chi connectivity index (χ0v) is 14.2. The number of benzene rings is 1. The van der Waals surface area contributed by atoms with E-state index in [1.807, 2.05) is 0 Å². The van der Waals surface area contributed by atoms with Gasteiger partial charge in [-0.05, 0) is 25.0 Å². The zero-order chi connectivity index (χ0) is 17.4. The second-order valence-corrected chi connectivity index (χ2v) is 6.43. The maximum Gasteiger partial charge on any atom is 0.255 e. The molecule has 1 aliphatic heterocycles. The van der Waals surface area contributed by atoms with Crippen LogP contribution in [0.5, 0.6) is 0 Å². The lowest BCUT2D eigenvalue weighted by molar-refractivity contribution is 0.589. The highest BCUT2D eigenvalue weighted by atomic mass is 35.5. The summed E-state index contributed by atoms with van der Waals surface area (Å²) < 4.78 is 30.5. The Balaban J connectivity index is 2.03. The van der Waals surface area contributed by atoms with E-state index in [2.05, 4.69) is 20.0 Å². The summed E-state index contributed by atoms with van der Waals surface area (Å²) in [5, 5.41) is 4.23. The standard InChI is InChI=1S/C17H16ClF2N5/c18-15-14(13-11(19)6-5-7-12(13)20)16(24-8-3-1-2-4-9-24)25-17(23-15)21-10-22-25/h5-7,10H,1-4,8-9H2. The Labute approximate surface area is 148 Å². The summed E-state index contributed by atoms with van der Waals surface area (Å²) in [4.78, 5) is 10.3. The van der Waals surface area contributed by atoms with Crippen LogP contribution >= 0.6 is 11.6 Å². The third-order valence-electron chi connectivity index (χ3n) is 4.48. The van der Waals surface area contributed by atoms with Crippen molar-refractivity contribution in [2.75, 3.05) is 18.0 Å². The number of hydrogen-bond acceptors (Lipinski definition) is 4. The highest BCUT2D eigenvalue weighted by molar-refractivity contribution is 6.33. The van der Waals surface area contributed by atoms with Crippen molar-refractivity contribution < 1.29 is 8.78 Å². The van der Waals surface area contributed by atoms with E-state index in [0.717, 1.165) is 38.8 Å². The Kier molecular flexibility index (Phi) is 4.25. The summed E-state index contributed by atoms with van der Waals surface area (Å²) in [6.45, 7) is 1.52. The maximum absolute atomic E-state index is 14.5. The van der Waals surface area contributed by atoms with Crippen molar-refractivity contribution in [1.29, 1.82) is 0 Å². The van der Waals surface area contributed by atoms with Crippen LogP contribution in [0.15, 0.2) is 24.5 Å². The lowest BCUT2D eigenvalue weighted by Gasteiger charge is -2.26. The average molecular weight is 364 g/mol. The Bertz CT molecular complexity index is 899. The highest BCUT2D eigenvalue weighted by Crippen LogP contribution is 2.39. The van der Waals surface area contributed by atoms with E-state index in [0.29, 0.717) is 11.6 Å². The summed E-state index contributed by atoms with van der Waals surface area (Å²) in [6.07, 6.45) is 5.60. The molecule has 0 N–H and O–H groups in total. The number of nitrogens with zero attached hydrogens (tertiary/aromatic N) is 5. The predicted octanol–water partition coefficient (Wildman–Crippen LogP) is 4.10. The van der Waals surface area contributed by atoms with Crippen molar-refractivity contribution in [2.45, 2.75) is 25.7 Å². The van der Waals surface area contributed by atoms with Crippen molar-refractivity contribution in [3.8, 4) is 11.1 Å². The van der Waals surface area contributed by atoms with Gasteiger partial charge in [-0.1, -0.05) is 30.5 Å². The number of hydrogen-bond donors (Lipinski definition) is 0. The van der Waals surface area contributed by atoms with E-state index >= 15 is 0 Å². The molecule has 0 saturated carbocycles. The molecule has 5 nitrogen and oxygen atoms in total. The summed E-state index contributed by atoms with van der Waals surface area (Å²) in [5.74, 6) is -0.512. The normalized spacial score (nSPS) is 15.6. The molecule has 130 valence electrons. The first kappa shape index (κ1) is 16.2. The molecular formula is C17H16ClF2N5. The van der Waals surface area contributed by atoms with Crippen molar-refractivity contribution in [3.63, 3.8) is 0 Å². The van der Waals surface area contributed by atoms with E-state index in [1.54, 1.807) is 0 Å². The lowest BCUT2D eigenvalue weighted by atomic mass is 10.1. The van der Waals surface area contributed by atoms with Crippen LogP contribution in [0, 0.1) is 11.6 Å². The lowest BCUT2D eigenvalue weighted by Crippen LogP contribution is -2.27. The van der Waals surface area contributed by atoms with Crippen molar-refractivity contribution in [1.82, 2.24) is 19.6 Å². The second kappa shape index (κ2) is 6.55. The van der Waals surface area contributed by atoms with E-state index in [9.17, 15) is 8.78 Å². The van der Waals surface area contributed by atoms with Gasteiger partial charge in [-0.25, -0.2) is 8.78 Å². The molecule has 25 heavy (non-hydrogen) atoms. The van der Waals surface area contributed by atoms with Gasteiger partial charge in [0.25, 0.3) is 5.78 Å². The van der Waals surface area contributed by atoms with Gasteiger partial charge in [-0.15, -0.1) is 0 Å². The SMILES string of the molecule is Fc1cccc(F)c1-c1c(Cl)nc2ncnn2c1N1CCCCCC1. The third kappa shape index (κ3) is 2.82. The second-order valence-electron chi connectivity index (χ2n) is 6.07. The number of fused-ring (bicyclic) bond motifs is 1. The molecule has 1 aromatic carbocycles. The monoisotopic (exact) mass is 363 g/mol. The van der Waals surface area contributed by atoms with E-state index < -0.39 is 11.6 Å². The van der Waals surface area contributed by atoms with Crippen LogP contribution in [-0.4, -0.2) is 32.7 Å². The first-order valence-corrected chi connectivity index (χ1v) is 8.63. The quantitative estimate of drug-likeness (QED) is 0.643. The van der Waals surface area contributed by atoms with Gasteiger partial charge in [0.05, 0.1) is 11.1 Å². The molecule has 0 spiro atoms. The average Bonchev–Trinajstić information content (AvgIpc) is 2.88.